The average Bonchev–Trinajstić information content (AvgIpc) is 2.41. The maximum atomic E-state index is 13.4. The number of carbonyl (C=O) groups is 1. The third-order valence-corrected chi connectivity index (χ3v) is 2.34. The normalized spacial score (nSPS) is 9.85. The lowest BCUT2D eigenvalue weighted by molar-refractivity contribution is 0.0692. The van der Waals surface area contributed by atoms with E-state index in [0.29, 0.717) is 0 Å². The van der Waals surface area contributed by atoms with Gasteiger partial charge in [0.25, 0.3) is 0 Å². The fourth-order valence-corrected chi connectivity index (χ4v) is 1.46. The van der Waals surface area contributed by atoms with E-state index < -0.39 is 34.6 Å². The number of hydrogen-bond acceptors (Lipinski definition) is 4. The fourth-order valence-electron chi connectivity index (χ4n) is 1.46. The van der Waals surface area contributed by atoms with Gasteiger partial charge in [-0.1, -0.05) is 6.07 Å². The van der Waals surface area contributed by atoms with Gasteiger partial charge in [0.05, 0.1) is 6.20 Å². The van der Waals surface area contributed by atoms with Gasteiger partial charge < -0.3 is 9.84 Å². The van der Waals surface area contributed by atoms with Crippen LogP contribution in [0.1, 0.15) is 15.9 Å². The first kappa shape index (κ1) is 13.4. The van der Waals surface area contributed by atoms with Crippen molar-refractivity contribution in [3.05, 3.63) is 53.2 Å². The van der Waals surface area contributed by atoms with Crippen molar-refractivity contribution in [3.8, 4) is 17.7 Å². The number of aromatic nitrogens is 1. The van der Waals surface area contributed by atoms with Gasteiger partial charge in [0, 0.05) is 0 Å². The lowest BCUT2D eigenvalue weighted by Gasteiger charge is -2.09. The van der Waals surface area contributed by atoms with Crippen molar-refractivity contribution in [2.24, 2.45) is 0 Å². The molecule has 0 saturated heterocycles. The number of aromatic carboxylic acids is 1. The minimum Gasteiger partial charge on any atom is -0.477 e. The van der Waals surface area contributed by atoms with E-state index in [1.54, 1.807) is 6.07 Å². The average molecular weight is 276 g/mol. The SMILES string of the molecule is N#Cc1c(F)cccc1Oc1ncc(F)cc1C(=O)O. The summed E-state index contributed by atoms with van der Waals surface area (Å²) in [4.78, 5) is 14.4. The lowest BCUT2D eigenvalue weighted by Crippen LogP contribution is -2.04. The maximum absolute atomic E-state index is 13.4. The van der Waals surface area contributed by atoms with Crippen LogP contribution in [0.2, 0.25) is 0 Å². The number of rotatable bonds is 3. The number of carboxylic acids is 1. The summed E-state index contributed by atoms with van der Waals surface area (Å²) in [5.74, 6) is -3.75. The third kappa shape index (κ3) is 2.54. The number of halogens is 2. The molecule has 0 fully saturated rings. The Hall–Kier alpha value is -3.01. The molecule has 0 aliphatic rings. The van der Waals surface area contributed by atoms with E-state index in [1.807, 2.05) is 0 Å². The summed E-state index contributed by atoms with van der Waals surface area (Å²) in [6.45, 7) is 0. The van der Waals surface area contributed by atoms with Crippen LogP contribution in [0.5, 0.6) is 11.6 Å². The molecule has 20 heavy (non-hydrogen) atoms. The van der Waals surface area contributed by atoms with E-state index in [0.717, 1.165) is 18.3 Å². The van der Waals surface area contributed by atoms with Gasteiger partial charge in [-0.15, -0.1) is 0 Å². The first-order chi connectivity index (χ1) is 9.52. The van der Waals surface area contributed by atoms with Crippen molar-refractivity contribution in [3.63, 3.8) is 0 Å². The molecular formula is C13H6F2N2O3. The number of hydrogen-bond donors (Lipinski definition) is 1. The van der Waals surface area contributed by atoms with Gasteiger partial charge >= 0.3 is 5.97 Å². The molecule has 7 heteroatoms. The monoisotopic (exact) mass is 276 g/mol. The molecule has 0 amide bonds. The molecule has 5 nitrogen and oxygen atoms in total. The van der Waals surface area contributed by atoms with Crippen LogP contribution in [0.4, 0.5) is 8.78 Å². The highest BCUT2D eigenvalue weighted by Gasteiger charge is 2.17. The molecule has 2 aromatic rings. The summed E-state index contributed by atoms with van der Waals surface area (Å²) in [7, 11) is 0. The predicted octanol–water partition coefficient (Wildman–Crippen LogP) is 2.72. The van der Waals surface area contributed by atoms with Crippen LogP contribution < -0.4 is 4.74 Å². The predicted molar refractivity (Wildman–Crippen MR) is 62.3 cm³/mol. The molecule has 0 spiro atoms. The Bertz CT molecular complexity index is 726. The van der Waals surface area contributed by atoms with Crippen LogP contribution in [0.3, 0.4) is 0 Å². The Morgan fingerprint density at radius 1 is 1.40 bits per heavy atom. The second-order valence-electron chi connectivity index (χ2n) is 3.64. The highest BCUT2D eigenvalue weighted by atomic mass is 19.1. The topological polar surface area (TPSA) is 83.2 Å². The Balaban J connectivity index is 2.49. The van der Waals surface area contributed by atoms with Crippen molar-refractivity contribution in [1.82, 2.24) is 4.98 Å². The number of benzene rings is 1. The van der Waals surface area contributed by atoms with E-state index in [1.165, 1.54) is 12.1 Å². The Morgan fingerprint density at radius 3 is 2.80 bits per heavy atom. The molecule has 0 unspecified atom stereocenters. The number of pyridine rings is 1. The van der Waals surface area contributed by atoms with Crippen molar-refractivity contribution in [2.75, 3.05) is 0 Å². The molecule has 0 saturated carbocycles. The maximum Gasteiger partial charge on any atom is 0.341 e. The molecule has 1 aromatic heterocycles. The Labute approximate surface area is 111 Å². The number of nitrogens with zero attached hydrogens (tertiary/aromatic N) is 2. The molecule has 0 aliphatic carbocycles. The van der Waals surface area contributed by atoms with Crippen LogP contribution in [-0.2, 0) is 0 Å². The first-order valence-corrected chi connectivity index (χ1v) is 5.28. The van der Waals surface area contributed by atoms with Crippen molar-refractivity contribution >= 4 is 5.97 Å². The molecule has 100 valence electrons. The molecule has 0 bridgehead atoms. The van der Waals surface area contributed by atoms with E-state index in [9.17, 15) is 13.6 Å². The Morgan fingerprint density at radius 2 is 2.15 bits per heavy atom. The quantitative estimate of drug-likeness (QED) is 0.931. The highest BCUT2D eigenvalue weighted by molar-refractivity contribution is 5.90. The minimum atomic E-state index is -1.46. The van der Waals surface area contributed by atoms with Crippen LogP contribution in [0.15, 0.2) is 30.5 Å². The summed E-state index contributed by atoms with van der Waals surface area (Å²) < 4.78 is 31.4. The lowest BCUT2D eigenvalue weighted by atomic mass is 10.2. The zero-order valence-corrected chi connectivity index (χ0v) is 9.80. The van der Waals surface area contributed by atoms with Crippen molar-refractivity contribution < 1.29 is 23.4 Å². The second kappa shape index (κ2) is 5.32. The molecule has 1 aromatic carbocycles. The van der Waals surface area contributed by atoms with Gasteiger partial charge in [0.1, 0.15) is 34.6 Å². The highest BCUT2D eigenvalue weighted by Crippen LogP contribution is 2.27. The van der Waals surface area contributed by atoms with Crippen molar-refractivity contribution in [2.45, 2.75) is 0 Å². The number of carboxylic acid groups (broad SMARTS) is 1. The van der Waals surface area contributed by atoms with E-state index in [2.05, 4.69) is 4.98 Å². The second-order valence-corrected chi connectivity index (χ2v) is 3.64. The van der Waals surface area contributed by atoms with Gasteiger partial charge in [0.15, 0.2) is 0 Å². The van der Waals surface area contributed by atoms with Crippen LogP contribution in [-0.4, -0.2) is 16.1 Å². The van der Waals surface area contributed by atoms with E-state index >= 15 is 0 Å². The van der Waals surface area contributed by atoms with E-state index in [4.69, 9.17) is 15.1 Å². The zero-order valence-electron chi connectivity index (χ0n) is 9.80. The number of nitriles is 1. The van der Waals surface area contributed by atoms with Crippen LogP contribution >= 0.6 is 0 Å². The molecular weight excluding hydrogens is 270 g/mol. The molecule has 0 aliphatic heterocycles. The van der Waals surface area contributed by atoms with Gasteiger partial charge in [-0.25, -0.2) is 18.6 Å². The zero-order chi connectivity index (χ0) is 14.7. The largest absolute Gasteiger partial charge is 0.477 e. The molecule has 0 atom stereocenters. The first-order valence-electron chi connectivity index (χ1n) is 5.28. The van der Waals surface area contributed by atoms with Gasteiger partial charge in [0.2, 0.25) is 5.88 Å². The smallest absolute Gasteiger partial charge is 0.341 e. The molecule has 2 rings (SSSR count). The molecule has 1 N–H and O–H groups in total. The van der Waals surface area contributed by atoms with Gasteiger partial charge in [-0.2, -0.15) is 5.26 Å². The number of ether oxygens (including phenoxy) is 1. The van der Waals surface area contributed by atoms with E-state index in [-0.39, 0.29) is 5.75 Å². The summed E-state index contributed by atoms with van der Waals surface area (Å²) in [5.41, 5.74) is -0.923. The molecule has 1 heterocycles. The van der Waals surface area contributed by atoms with Crippen LogP contribution in [0.25, 0.3) is 0 Å². The summed E-state index contributed by atoms with van der Waals surface area (Å²) in [5, 5.41) is 17.8. The molecule has 0 radical (unpaired) electrons. The van der Waals surface area contributed by atoms with Crippen LogP contribution in [0, 0.1) is 23.0 Å². The summed E-state index contributed by atoms with van der Waals surface area (Å²) >= 11 is 0. The van der Waals surface area contributed by atoms with Crippen molar-refractivity contribution in [1.29, 1.82) is 5.26 Å². The third-order valence-electron chi connectivity index (χ3n) is 2.34. The Kier molecular flexibility index (Phi) is 3.57. The van der Waals surface area contributed by atoms with Gasteiger partial charge in [-0.3, -0.25) is 0 Å². The summed E-state index contributed by atoms with van der Waals surface area (Å²) in [6, 6.07) is 5.93. The summed E-state index contributed by atoms with van der Waals surface area (Å²) in [6.07, 6.45) is 0.757. The van der Waals surface area contributed by atoms with Gasteiger partial charge in [-0.05, 0) is 18.2 Å². The fraction of sp³-hybridized carbons (Fsp3) is 0. The minimum absolute atomic E-state index is 0.200. The standard InChI is InChI=1S/C13H6F2N2O3/c14-7-4-8(13(18)19)12(17-6-7)20-11-3-1-2-10(15)9(11)5-16/h1-4,6H,(H,18,19).